The Bertz CT molecular complexity index is 617. The number of nitrogens with zero attached hydrogens (tertiary/aromatic N) is 1. The number of H-pyrrole nitrogens is 1. The molecule has 0 radical (unpaired) electrons. The van der Waals surface area contributed by atoms with E-state index < -0.39 is 0 Å². The van der Waals surface area contributed by atoms with E-state index in [4.69, 9.17) is 5.73 Å². The van der Waals surface area contributed by atoms with E-state index in [2.05, 4.69) is 21.9 Å². The summed E-state index contributed by atoms with van der Waals surface area (Å²) < 4.78 is 0. The molecular weight excluding hydrogens is 216 g/mol. The maximum Gasteiger partial charge on any atom is 0.258 e. The number of nitrogens with one attached hydrogen (secondary N) is 2. The summed E-state index contributed by atoms with van der Waals surface area (Å²) in [6, 6.07) is 3.48. The zero-order valence-electron chi connectivity index (χ0n) is 9.53. The fraction of sp³-hybridized carbons (Fsp3) is 0.167. The number of anilines is 2. The molecule has 0 aliphatic carbocycles. The Hall–Kier alpha value is -2.30. The Labute approximate surface area is 98.4 Å². The minimum atomic E-state index is -0.190. The second-order valence-electron chi connectivity index (χ2n) is 3.86. The van der Waals surface area contributed by atoms with E-state index in [1.165, 1.54) is 6.33 Å². The molecule has 4 N–H and O–H groups in total. The number of hydrogen-bond acceptors (Lipinski definition) is 4. The van der Waals surface area contributed by atoms with Crippen molar-refractivity contribution >= 4 is 22.3 Å². The van der Waals surface area contributed by atoms with Gasteiger partial charge in [0.05, 0.1) is 28.6 Å². The van der Waals surface area contributed by atoms with Gasteiger partial charge in [-0.1, -0.05) is 6.08 Å². The van der Waals surface area contributed by atoms with Crippen molar-refractivity contribution in [3.05, 3.63) is 41.5 Å². The van der Waals surface area contributed by atoms with Crippen molar-refractivity contribution in [3.8, 4) is 0 Å². The van der Waals surface area contributed by atoms with Crippen LogP contribution in [-0.4, -0.2) is 16.0 Å². The maximum absolute atomic E-state index is 11.5. The summed E-state index contributed by atoms with van der Waals surface area (Å²) in [7, 11) is 0. The van der Waals surface area contributed by atoms with Gasteiger partial charge in [-0.25, -0.2) is 4.98 Å². The lowest BCUT2D eigenvalue weighted by molar-refractivity contribution is 1.00. The molecule has 1 heterocycles. The van der Waals surface area contributed by atoms with Gasteiger partial charge in [0.1, 0.15) is 0 Å². The second-order valence-corrected chi connectivity index (χ2v) is 3.86. The smallest absolute Gasteiger partial charge is 0.258 e. The molecule has 17 heavy (non-hydrogen) atoms. The van der Waals surface area contributed by atoms with Crippen LogP contribution >= 0.6 is 0 Å². The number of fused-ring (bicyclic) bond motifs is 1. The number of rotatable bonds is 3. The van der Waals surface area contributed by atoms with Gasteiger partial charge < -0.3 is 16.0 Å². The van der Waals surface area contributed by atoms with Gasteiger partial charge in [0.2, 0.25) is 0 Å². The van der Waals surface area contributed by atoms with Crippen molar-refractivity contribution in [2.75, 3.05) is 11.1 Å². The van der Waals surface area contributed by atoms with Gasteiger partial charge >= 0.3 is 0 Å². The van der Waals surface area contributed by atoms with Crippen LogP contribution in [0.4, 0.5) is 11.4 Å². The van der Waals surface area contributed by atoms with Crippen LogP contribution in [0.2, 0.25) is 0 Å². The lowest BCUT2D eigenvalue weighted by Crippen LogP contribution is -2.14. The lowest BCUT2D eigenvalue weighted by Gasteiger charge is -2.13. The minimum Gasteiger partial charge on any atom is -0.397 e. The number of benzene rings is 1. The molecule has 1 atom stereocenters. The zero-order chi connectivity index (χ0) is 12.4. The molecule has 1 aromatic heterocycles. The molecule has 5 nitrogen and oxygen atoms in total. The van der Waals surface area contributed by atoms with Gasteiger partial charge in [0.15, 0.2) is 0 Å². The van der Waals surface area contributed by atoms with Gasteiger partial charge in [0, 0.05) is 6.04 Å². The van der Waals surface area contributed by atoms with Crippen LogP contribution in [0.1, 0.15) is 6.92 Å². The summed E-state index contributed by atoms with van der Waals surface area (Å²) in [5, 5.41) is 3.66. The summed E-state index contributed by atoms with van der Waals surface area (Å²) >= 11 is 0. The number of nitrogens with two attached hydrogens (primary N) is 1. The van der Waals surface area contributed by atoms with Crippen LogP contribution in [0.3, 0.4) is 0 Å². The lowest BCUT2D eigenvalue weighted by atomic mass is 10.1. The number of hydrogen-bond donors (Lipinski definition) is 3. The molecule has 1 aromatic carbocycles. The van der Waals surface area contributed by atoms with Gasteiger partial charge in [-0.05, 0) is 19.1 Å². The summed E-state index contributed by atoms with van der Waals surface area (Å²) in [6.07, 6.45) is 3.15. The van der Waals surface area contributed by atoms with E-state index in [9.17, 15) is 4.79 Å². The molecule has 0 saturated heterocycles. The highest BCUT2D eigenvalue weighted by Crippen LogP contribution is 2.23. The molecule has 2 rings (SSSR count). The summed E-state index contributed by atoms with van der Waals surface area (Å²) in [4.78, 5) is 18.1. The van der Waals surface area contributed by atoms with Crippen molar-refractivity contribution in [3.63, 3.8) is 0 Å². The first-order valence-corrected chi connectivity index (χ1v) is 5.28. The standard InChI is InChI=1S/C12H14N4O/c1-3-7(2)16-11-5-10-8(4-9(11)13)12(17)15-6-14-10/h3-7,16H,1,13H2,2H3,(H,14,15,17). The van der Waals surface area contributed by atoms with E-state index in [0.29, 0.717) is 16.6 Å². The predicted octanol–water partition coefficient (Wildman–Crippen LogP) is 1.49. The normalized spacial score (nSPS) is 12.3. The van der Waals surface area contributed by atoms with E-state index in [1.54, 1.807) is 18.2 Å². The molecule has 0 saturated carbocycles. The third kappa shape index (κ3) is 2.13. The highest BCUT2D eigenvalue weighted by atomic mass is 16.1. The monoisotopic (exact) mass is 230 g/mol. The topological polar surface area (TPSA) is 83.8 Å². The Kier molecular flexibility index (Phi) is 2.82. The minimum absolute atomic E-state index is 0.0942. The molecule has 1 unspecified atom stereocenters. The van der Waals surface area contributed by atoms with E-state index in [1.807, 2.05) is 6.92 Å². The predicted molar refractivity (Wildman–Crippen MR) is 70.1 cm³/mol. The molecule has 2 aromatic rings. The molecular formula is C12H14N4O. The van der Waals surface area contributed by atoms with Crippen LogP contribution in [0, 0.1) is 0 Å². The van der Waals surface area contributed by atoms with Gasteiger partial charge in [-0.15, -0.1) is 6.58 Å². The number of aromatic amines is 1. The van der Waals surface area contributed by atoms with E-state index in [0.717, 1.165) is 5.69 Å². The van der Waals surface area contributed by atoms with Crippen molar-refractivity contribution in [1.29, 1.82) is 0 Å². The highest BCUT2D eigenvalue weighted by Gasteiger charge is 2.06. The van der Waals surface area contributed by atoms with Crippen LogP contribution in [0.25, 0.3) is 10.9 Å². The van der Waals surface area contributed by atoms with Gasteiger partial charge in [-0.3, -0.25) is 4.79 Å². The Balaban J connectivity index is 2.56. The molecule has 0 amide bonds. The van der Waals surface area contributed by atoms with Crippen LogP contribution in [0.5, 0.6) is 0 Å². The van der Waals surface area contributed by atoms with Crippen LogP contribution < -0.4 is 16.6 Å². The third-order valence-electron chi connectivity index (χ3n) is 2.55. The molecule has 0 aliphatic heterocycles. The van der Waals surface area contributed by atoms with Crippen molar-refractivity contribution in [1.82, 2.24) is 9.97 Å². The van der Waals surface area contributed by atoms with E-state index in [-0.39, 0.29) is 11.6 Å². The summed E-state index contributed by atoms with van der Waals surface area (Å²) in [5.74, 6) is 0. The Morgan fingerprint density at radius 3 is 3.06 bits per heavy atom. The zero-order valence-corrected chi connectivity index (χ0v) is 9.53. The third-order valence-corrected chi connectivity index (χ3v) is 2.55. The molecule has 88 valence electrons. The first-order chi connectivity index (χ1) is 8.11. The van der Waals surface area contributed by atoms with Crippen molar-refractivity contribution < 1.29 is 0 Å². The second kappa shape index (κ2) is 4.29. The van der Waals surface area contributed by atoms with Gasteiger partial charge in [0.25, 0.3) is 5.56 Å². The number of nitrogen functional groups attached to an aromatic ring is 1. The van der Waals surface area contributed by atoms with Crippen molar-refractivity contribution in [2.24, 2.45) is 0 Å². The Morgan fingerprint density at radius 2 is 2.35 bits per heavy atom. The van der Waals surface area contributed by atoms with Crippen molar-refractivity contribution in [2.45, 2.75) is 13.0 Å². The fourth-order valence-electron chi connectivity index (χ4n) is 1.56. The highest BCUT2D eigenvalue weighted by molar-refractivity contribution is 5.88. The summed E-state index contributed by atoms with van der Waals surface area (Å²) in [6.45, 7) is 5.65. The average molecular weight is 230 g/mol. The fourth-order valence-corrected chi connectivity index (χ4v) is 1.56. The molecule has 5 heteroatoms. The first kappa shape index (κ1) is 11.2. The largest absolute Gasteiger partial charge is 0.397 e. The number of aromatic nitrogens is 2. The summed E-state index contributed by atoms with van der Waals surface area (Å²) in [5.41, 5.74) is 7.58. The molecule has 0 spiro atoms. The molecule has 0 bridgehead atoms. The van der Waals surface area contributed by atoms with Gasteiger partial charge in [-0.2, -0.15) is 0 Å². The first-order valence-electron chi connectivity index (χ1n) is 5.28. The molecule has 0 fully saturated rings. The average Bonchev–Trinajstić information content (AvgIpc) is 2.31. The van der Waals surface area contributed by atoms with E-state index >= 15 is 0 Å². The Morgan fingerprint density at radius 1 is 1.59 bits per heavy atom. The van der Waals surface area contributed by atoms with Crippen LogP contribution in [-0.2, 0) is 0 Å². The quantitative estimate of drug-likeness (QED) is 0.551. The SMILES string of the molecule is C=CC(C)Nc1cc2nc[nH]c(=O)c2cc1N. The maximum atomic E-state index is 11.5. The molecule has 0 aliphatic rings. The van der Waals surface area contributed by atoms with Crippen LogP contribution in [0.15, 0.2) is 35.9 Å².